The highest BCUT2D eigenvalue weighted by atomic mass is 19.1. The summed E-state index contributed by atoms with van der Waals surface area (Å²) in [4.78, 5) is 0. The Morgan fingerprint density at radius 1 is 1.32 bits per heavy atom. The summed E-state index contributed by atoms with van der Waals surface area (Å²) in [6.45, 7) is 2.15. The van der Waals surface area contributed by atoms with Crippen molar-refractivity contribution in [2.24, 2.45) is 17.8 Å². The second kappa shape index (κ2) is 6.82. The van der Waals surface area contributed by atoms with Gasteiger partial charge in [0.15, 0.2) is 0 Å². The summed E-state index contributed by atoms with van der Waals surface area (Å²) in [5, 5.41) is 8.91. The highest BCUT2D eigenvalue weighted by Crippen LogP contribution is 2.48. The maximum absolute atomic E-state index is 14.1. The third-order valence-electron chi connectivity index (χ3n) is 5.20. The molecule has 0 aromatic heterocycles. The predicted molar refractivity (Wildman–Crippen MR) is 86.9 cm³/mol. The van der Waals surface area contributed by atoms with E-state index in [0.717, 1.165) is 38.2 Å². The third-order valence-corrected chi connectivity index (χ3v) is 5.20. The number of fused-ring (bicyclic) bond motifs is 1. The van der Waals surface area contributed by atoms with Gasteiger partial charge in [0.05, 0.1) is 5.56 Å². The topological polar surface area (TPSA) is 23.8 Å². The smallest absolute Gasteiger partial charge is 0.141 e. The SMILES string of the molecule is [2H]C1([2H])CC2CC(CCC)CCC2C([2H])([2H])C1c1ccc(C#N)c(F)c1. The van der Waals surface area contributed by atoms with Crippen molar-refractivity contribution in [3.8, 4) is 6.07 Å². The number of halogens is 1. The monoisotopic (exact) mass is 303 g/mol. The highest BCUT2D eigenvalue weighted by Gasteiger charge is 2.35. The van der Waals surface area contributed by atoms with Gasteiger partial charge in [-0.1, -0.05) is 32.3 Å². The van der Waals surface area contributed by atoms with E-state index in [1.54, 1.807) is 6.07 Å². The Labute approximate surface area is 139 Å². The van der Waals surface area contributed by atoms with Crippen LogP contribution in [-0.2, 0) is 0 Å². The van der Waals surface area contributed by atoms with Crippen molar-refractivity contribution in [1.29, 1.82) is 5.26 Å². The molecule has 4 atom stereocenters. The van der Waals surface area contributed by atoms with Gasteiger partial charge in [0.1, 0.15) is 11.9 Å². The molecule has 1 aromatic rings. The first-order valence-corrected chi connectivity index (χ1v) is 8.40. The second-order valence-corrected chi connectivity index (χ2v) is 6.69. The van der Waals surface area contributed by atoms with Crippen LogP contribution >= 0.6 is 0 Å². The lowest BCUT2D eigenvalue weighted by molar-refractivity contribution is 0.114. The van der Waals surface area contributed by atoms with Crippen LogP contribution in [0.25, 0.3) is 0 Å². The van der Waals surface area contributed by atoms with E-state index in [4.69, 9.17) is 10.7 Å². The van der Waals surface area contributed by atoms with Crippen molar-refractivity contribution in [2.75, 3.05) is 0 Å². The molecule has 0 amide bonds. The van der Waals surface area contributed by atoms with Gasteiger partial charge in [0, 0.05) is 5.48 Å². The molecule has 1 nitrogen and oxygen atoms in total. The fraction of sp³-hybridized carbons (Fsp3) is 0.650. The lowest BCUT2D eigenvalue weighted by atomic mass is 9.63. The molecule has 2 fully saturated rings. The zero-order valence-corrected chi connectivity index (χ0v) is 13.1. The second-order valence-electron chi connectivity index (χ2n) is 6.69. The average Bonchev–Trinajstić information content (AvgIpc) is 2.53. The predicted octanol–water partition coefficient (Wildman–Crippen LogP) is 5.80. The molecule has 3 rings (SSSR count). The van der Waals surface area contributed by atoms with E-state index in [2.05, 4.69) is 6.92 Å². The van der Waals surface area contributed by atoms with Gasteiger partial charge in [0.2, 0.25) is 0 Å². The maximum Gasteiger partial charge on any atom is 0.141 e. The minimum atomic E-state index is -1.74. The largest absolute Gasteiger partial charge is 0.206 e. The summed E-state index contributed by atoms with van der Waals surface area (Å²) in [5.74, 6) is -1.30. The minimum absolute atomic E-state index is 0.0461. The zero-order chi connectivity index (χ0) is 19.1. The number of nitriles is 1. The molecule has 2 aliphatic rings. The van der Waals surface area contributed by atoms with E-state index in [9.17, 15) is 4.39 Å². The van der Waals surface area contributed by atoms with Crippen molar-refractivity contribution in [3.63, 3.8) is 0 Å². The van der Waals surface area contributed by atoms with Crippen molar-refractivity contribution in [2.45, 2.75) is 64.1 Å². The first-order valence-electron chi connectivity index (χ1n) is 10.4. The van der Waals surface area contributed by atoms with Crippen LogP contribution in [-0.4, -0.2) is 0 Å². The quantitative estimate of drug-likeness (QED) is 0.692. The summed E-state index contributed by atoms with van der Waals surface area (Å²) in [5.41, 5.74) is 0.231. The molecular weight excluding hydrogens is 273 g/mol. The molecule has 0 N–H and O–H groups in total. The molecule has 2 heteroatoms. The Kier molecular flexibility index (Phi) is 3.48. The van der Waals surface area contributed by atoms with E-state index in [-0.39, 0.29) is 17.4 Å². The summed E-state index contributed by atoms with van der Waals surface area (Å²) in [6, 6.07) is 5.77. The Morgan fingerprint density at radius 3 is 2.91 bits per heavy atom. The molecule has 0 saturated heterocycles. The third kappa shape index (κ3) is 3.19. The van der Waals surface area contributed by atoms with E-state index in [1.807, 2.05) is 0 Å². The number of nitrogens with zero attached hydrogens (tertiary/aromatic N) is 1. The molecule has 0 radical (unpaired) electrons. The van der Waals surface area contributed by atoms with Crippen molar-refractivity contribution in [1.82, 2.24) is 0 Å². The first-order chi connectivity index (χ1) is 12.2. The van der Waals surface area contributed by atoms with Gasteiger partial charge in [-0.25, -0.2) is 4.39 Å². The molecule has 4 unspecified atom stereocenters. The molecule has 0 bridgehead atoms. The highest BCUT2D eigenvalue weighted by molar-refractivity contribution is 5.35. The van der Waals surface area contributed by atoms with Gasteiger partial charge < -0.3 is 0 Å². The Bertz CT molecular complexity index is 712. The first kappa shape index (κ1) is 11.2. The van der Waals surface area contributed by atoms with E-state index in [0.29, 0.717) is 17.9 Å². The van der Waals surface area contributed by atoms with Gasteiger partial charge in [0.25, 0.3) is 0 Å². The van der Waals surface area contributed by atoms with Gasteiger partial charge in [-0.15, -0.1) is 0 Å². The molecule has 2 aliphatic carbocycles. The number of benzene rings is 1. The van der Waals surface area contributed by atoms with Gasteiger partial charge in [-0.05, 0) is 73.4 Å². The number of hydrogen-bond donors (Lipinski definition) is 0. The van der Waals surface area contributed by atoms with Crippen molar-refractivity contribution >= 4 is 0 Å². The molecule has 22 heavy (non-hydrogen) atoms. The molecule has 0 spiro atoms. The van der Waals surface area contributed by atoms with E-state index >= 15 is 0 Å². The van der Waals surface area contributed by atoms with Crippen LogP contribution in [0, 0.1) is 34.9 Å². The lowest BCUT2D eigenvalue weighted by Crippen LogP contribution is -2.30. The van der Waals surface area contributed by atoms with Crippen LogP contribution in [0.15, 0.2) is 18.2 Å². The summed E-state index contributed by atoms with van der Waals surface area (Å²) in [6.07, 6.45) is 1.74. The number of hydrogen-bond acceptors (Lipinski definition) is 1. The van der Waals surface area contributed by atoms with Gasteiger partial charge >= 0.3 is 0 Å². The number of rotatable bonds is 3. The normalized spacial score (nSPS) is 38.6. The van der Waals surface area contributed by atoms with Crippen LogP contribution in [0.2, 0.25) is 0 Å². The Hall–Kier alpha value is -1.36. The van der Waals surface area contributed by atoms with E-state index < -0.39 is 24.5 Å². The van der Waals surface area contributed by atoms with Crippen molar-refractivity contribution < 1.29 is 9.87 Å². The molecule has 0 heterocycles. The molecule has 0 aliphatic heterocycles. The van der Waals surface area contributed by atoms with Gasteiger partial charge in [-0.2, -0.15) is 5.26 Å². The van der Waals surface area contributed by atoms with Crippen LogP contribution in [0.5, 0.6) is 0 Å². The van der Waals surface area contributed by atoms with Crippen LogP contribution in [0.3, 0.4) is 0 Å². The standard InChI is InChI=1S/C20H26FN/c1-2-3-14-4-5-16-11-17(7-6-15(16)10-14)18-8-9-19(13-22)20(21)12-18/h8-9,12,14-17H,2-7,10-11H2,1H3/i7D2,11D2. The molecule has 2 saturated carbocycles. The van der Waals surface area contributed by atoms with Crippen LogP contribution in [0.4, 0.5) is 4.39 Å². The molecule has 118 valence electrons. The van der Waals surface area contributed by atoms with E-state index in [1.165, 1.54) is 12.1 Å². The minimum Gasteiger partial charge on any atom is -0.206 e. The summed E-state index contributed by atoms with van der Waals surface area (Å²) >= 11 is 0. The van der Waals surface area contributed by atoms with Gasteiger partial charge in [-0.3, -0.25) is 0 Å². The molecule has 1 aromatic carbocycles. The molecular formula is C20H26FN. The lowest BCUT2D eigenvalue weighted by Gasteiger charge is -2.42. The zero-order valence-electron chi connectivity index (χ0n) is 17.1. The fourth-order valence-corrected chi connectivity index (χ4v) is 4.03. The average molecular weight is 303 g/mol. The maximum atomic E-state index is 14.1. The Morgan fingerprint density at radius 2 is 2.18 bits per heavy atom. The van der Waals surface area contributed by atoms with Crippen molar-refractivity contribution in [3.05, 3.63) is 35.1 Å². The fourth-order valence-electron chi connectivity index (χ4n) is 4.03. The summed E-state index contributed by atoms with van der Waals surface area (Å²) < 4.78 is 48.8. The van der Waals surface area contributed by atoms with Crippen LogP contribution in [0.1, 0.15) is 80.7 Å². The summed E-state index contributed by atoms with van der Waals surface area (Å²) in [7, 11) is 0. The Balaban J connectivity index is 1.95. The van der Waals surface area contributed by atoms with Crippen LogP contribution < -0.4 is 0 Å².